The summed E-state index contributed by atoms with van der Waals surface area (Å²) < 4.78 is 11.6. The van der Waals surface area contributed by atoms with Gasteiger partial charge in [-0.1, -0.05) is 13.0 Å². The first kappa shape index (κ1) is 17.4. The molecule has 20 heavy (non-hydrogen) atoms. The highest BCUT2D eigenvalue weighted by atomic mass is 79.9. The Morgan fingerprint density at radius 1 is 1.40 bits per heavy atom. The molecule has 0 fully saturated rings. The Kier molecular flexibility index (Phi) is 8.11. The summed E-state index contributed by atoms with van der Waals surface area (Å²) in [5.41, 5.74) is 0.435. The van der Waals surface area contributed by atoms with Crippen LogP contribution >= 0.6 is 27.3 Å². The van der Waals surface area contributed by atoms with Gasteiger partial charge in [0.1, 0.15) is 6.10 Å². The second-order valence-corrected chi connectivity index (χ2v) is 7.15. The fourth-order valence-corrected chi connectivity index (χ4v) is 3.23. The molecule has 1 aromatic heterocycles. The van der Waals surface area contributed by atoms with Crippen LogP contribution in [0.4, 0.5) is 0 Å². The van der Waals surface area contributed by atoms with Gasteiger partial charge in [0.2, 0.25) is 0 Å². The van der Waals surface area contributed by atoms with Crippen molar-refractivity contribution < 1.29 is 14.3 Å². The maximum Gasteiger partial charge on any atom is 0.333 e. The number of rotatable bonds is 9. The molecule has 0 aliphatic rings. The molecule has 5 heteroatoms. The number of hydrogen-bond acceptors (Lipinski definition) is 4. The van der Waals surface area contributed by atoms with E-state index in [9.17, 15) is 4.79 Å². The molecule has 0 spiro atoms. The van der Waals surface area contributed by atoms with Crippen molar-refractivity contribution in [3.05, 3.63) is 32.9 Å². The molecule has 0 bridgehead atoms. The maximum absolute atomic E-state index is 11.7. The van der Waals surface area contributed by atoms with Gasteiger partial charge in [0.25, 0.3) is 0 Å². The van der Waals surface area contributed by atoms with E-state index in [1.807, 2.05) is 12.1 Å². The van der Waals surface area contributed by atoms with Crippen molar-refractivity contribution in [3.8, 4) is 0 Å². The van der Waals surface area contributed by atoms with E-state index in [1.165, 1.54) is 0 Å². The first-order valence-corrected chi connectivity index (χ1v) is 8.26. The van der Waals surface area contributed by atoms with Crippen molar-refractivity contribution in [3.63, 3.8) is 0 Å². The molecule has 3 nitrogen and oxygen atoms in total. The molecule has 1 aromatic rings. The lowest BCUT2D eigenvalue weighted by molar-refractivity contribution is -0.144. The minimum absolute atomic E-state index is 0.182. The van der Waals surface area contributed by atoms with Crippen LogP contribution in [0.2, 0.25) is 0 Å². The largest absolute Gasteiger partial charge is 0.453 e. The molecular weight excluding hydrogens is 340 g/mol. The quantitative estimate of drug-likeness (QED) is 0.357. The third kappa shape index (κ3) is 6.20. The summed E-state index contributed by atoms with van der Waals surface area (Å²) in [5.74, 6) is -0.323. The number of methoxy groups -OCH3 is 1. The highest BCUT2D eigenvalue weighted by molar-refractivity contribution is 9.11. The zero-order chi connectivity index (χ0) is 15.0. The number of thiophene rings is 1. The van der Waals surface area contributed by atoms with Crippen LogP contribution in [-0.2, 0) is 14.3 Å². The van der Waals surface area contributed by atoms with Gasteiger partial charge in [0, 0.05) is 24.2 Å². The summed E-state index contributed by atoms with van der Waals surface area (Å²) in [4.78, 5) is 12.8. The summed E-state index contributed by atoms with van der Waals surface area (Å²) in [6.45, 7) is 6.08. The van der Waals surface area contributed by atoms with Crippen molar-refractivity contribution in [2.75, 3.05) is 13.7 Å². The molecule has 0 aliphatic carbocycles. The van der Waals surface area contributed by atoms with E-state index in [4.69, 9.17) is 9.47 Å². The Labute approximate surface area is 133 Å². The summed E-state index contributed by atoms with van der Waals surface area (Å²) in [6.07, 6.45) is 3.76. The molecule has 1 atom stereocenters. The molecule has 0 saturated carbocycles. The first-order chi connectivity index (χ1) is 9.54. The van der Waals surface area contributed by atoms with E-state index in [0.29, 0.717) is 5.57 Å². The highest BCUT2D eigenvalue weighted by Crippen LogP contribution is 2.33. The lowest BCUT2D eigenvalue weighted by Gasteiger charge is -2.16. The van der Waals surface area contributed by atoms with Crippen molar-refractivity contribution >= 4 is 33.2 Å². The minimum atomic E-state index is -0.323. The number of halogens is 1. The van der Waals surface area contributed by atoms with E-state index in [0.717, 1.165) is 41.0 Å². The number of unbranched alkanes of at least 4 members (excludes halogenated alkanes) is 2. The third-order valence-electron chi connectivity index (χ3n) is 2.82. The second-order valence-electron chi connectivity index (χ2n) is 4.66. The van der Waals surface area contributed by atoms with Crippen LogP contribution in [0, 0.1) is 0 Å². The van der Waals surface area contributed by atoms with Crippen LogP contribution in [0.5, 0.6) is 0 Å². The van der Waals surface area contributed by atoms with Gasteiger partial charge in [-0.3, -0.25) is 0 Å². The van der Waals surface area contributed by atoms with Crippen LogP contribution in [-0.4, -0.2) is 19.7 Å². The Morgan fingerprint density at radius 3 is 2.70 bits per heavy atom. The molecule has 0 amide bonds. The lowest BCUT2D eigenvalue weighted by atomic mass is 10.1. The number of hydrogen-bond donors (Lipinski definition) is 0. The zero-order valence-corrected chi connectivity index (χ0v) is 14.4. The van der Waals surface area contributed by atoms with Gasteiger partial charge in [0.15, 0.2) is 0 Å². The van der Waals surface area contributed by atoms with Crippen molar-refractivity contribution in [1.29, 1.82) is 0 Å². The first-order valence-electron chi connectivity index (χ1n) is 6.65. The third-order valence-corrected chi connectivity index (χ3v) is 4.54. The van der Waals surface area contributed by atoms with Crippen molar-refractivity contribution in [1.82, 2.24) is 0 Å². The predicted molar refractivity (Wildman–Crippen MR) is 86.0 cm³/mol. The zero-order valence-electron chi connectivity index (χ0n) is 12.0. The molecule has 0 saturated heterocycles. The molecule has 0 aliphatic heterocycles. The van der Waals surface area contributed by atoms with Gasteiger partial charge >= 0.3 is 5.97 Å². The number of esters is 1. The summed E-state index contributed by atoms with van der Waals surface area (Å²) in [5, 5.41) is 0. The van der Waals surface area contributed by atoms with Crippen LogP contribution < -0.4 is 0 Å². The fraction of sp³-hybridized carbons (Fsp3) is 0.533. The van der Waals surface area contributed by atoms with E-state index in [-0.39, 0.29) is 12.1 Å². The summed E-state index contributed by atoms with van der Waals surface area (Å²) >= 11 is 5.04. The van der Waals surface area contributed by atoms with E-state index in [2.05, 4.69) is 22.5 Å². The molecule has 112 valence electrons. The van der Waals surface area contributed by atoms with E-state index in [1.54, 1.807) is 25.4 Å². The SMILES string of the molecule is C=C(C)C(=O)OC(CCCCCOC)c1ccc(Br)s1. The van der Waals surface area contributed by atoms with Gasteiger partial charge in [0.05, 0.1) is 3.79 Å². The number of carbonyl (C=O) groups is 1. The van der Waals surface area contributed by atoms with Crippen molar-refractivity contribution in [2.45, 2.75) is 38.7 Å². The molecule has 1 unspecified atom stereocenters. The Morgan fingerprint density at radius 2 is 2.15 bits per heavy atom. The topological polar surface area (TPSA) is 35.5 Å². The fourth-order valence-electron chi connectivity index (χ4n) is 1.74. The minimum Gasteiger partial charge on any atom is -0.453 e. The molecule has 0 radical (unpaired) electrons. The number of carbonyl (C=O) groups excluding carboxylic acids is 1. The van der Waals surface area contributed by atoms with Crippen molar-refractivity contribution in [2.24, 2.45) is 0 Å². The molecule has 0 N–H and O–H groups in total. The van der Waals surface area contributed by atoms with Gasteiger partial charge in [-0.25, -0.2) is 4.79 Å². The monoisotopic (exact) mass is 360 g/mol. The Bertz CT molecular complexity index is 442. The smallest absolute Gasteiger partial charge is 0.333 e. The molecular formula is C15H21BrO3S. The molecule has 0 aromatic carbocycles. The average Bonchev–Trinajstić information content (AvgIpc) is 2.83. The van der Waals surface area contributed by atoms with Crippen LogP contribution in [0.1, 0.15) is 43.6 Å². The average molecular weight is 361 g/mol. The number of ether oxygens (including phenoxy) is 2. The van der Waals surface area contributed by atoms with E-state index < -0.39 is 0 Å². The normalized spacial score (nSPS) is 12.2. The van der Waals surface area contributed by atoms with Gasteiger partial charge in [-0.05, 0) is 54.2 Å². The summed E-state index contributed by atoms with van der Waals surface area (Å²) in [7, 11) is 1.71. The van der Waals surface area contributed by atoms with Crippen LogP contribution in [0.3, 0.4) is 0 Å². The predicted octanol–water partition coefficient (Wildman–Crippen LogP) is 4.88. The second kappa shape index (κ2) is 9.32. The van der Waals surface area contributed by atoms with E-state index >= 15 is 0 Å². The standard InChI is InChI=1S/C15H21BrO3S/c1-11(2)15(17)19-12(7-5-4-6-10-18-3)13-8-9-14(16)20-13/h8-9,12H,1,4-7,10H2,2-3H3. The summed E-state index contributed by atoms with van der Waals surface area (Å²) in [6, 6.07) is 3.98. The Balaban J connectivity index is 2.55. The van der Waals surface area contributed by atoms with Gasteiger partial charge in [-0.2, -0.15) is 0 Å². The maximum atomic E-state index is 11.7. The van der Waals surface area contributed by atoms with Gasteiger partial charge < -0.3 is 9.47 Å². The molecule has 1 rings (SSSR count). The molecule has 1 heterocycles. The van der Waals surface area contributed by atoms with Crippen LogP contribution in [0.15, 0.2) is 28.1 Å². The van der Waals surface area contributed by atoms with Gasteiger partial charge in [-0.15, -0.1) is 11.3 Å². The Hall–Kier alpha value is -0.650. The highest BCUT2D eigenvalue weighted by Gasteiger charge is 2.18. The van der Waals surface area contributed by atoms with Crippen LogP contribution in [0.25, 0.3) is 0 Å². The lowest BCUT2D eigenvalue weighted by Crippen LogP contribution is -2.11.